The molecule has 0 aromatic heterocycles. The molecule has 2 N–H and O–H groups in total. The van der Waals surface area contributed by atoms with Crippen LogP contribution in [0.4, 0.5) is 0 Å². The fourth-order valence-electron chi connectivity index (χ4n) is 3.05. The Morgan fingerprint density at radius 2 is 1.19 bits per heavy atom. The average Bonchev–Trinajstić information content (AvgIpc) is 2.64. The minimum Gasteiger partial charge on any atom is -0.507 e. The lowest BCUT2D eigenvalue weighted by atomic mass is 9.91. The molecule has 0 bridgehead atoms. The fraction of sp³-hybridized carbons (Fsp3) is 0.300. The van der Waals surface area contributed by atoms with Gasteiger partial charge in [-0.25, -0.2) is 0 Å². The van der Waals surface area contributed by atoms with Crippen molar-refractivity contribution in [2.75, 3.05) is 0 Å². The van der Waals surface area contributed by atoms with Crippen LogP contribution in [0, 0.1) is 0 Å². The first-order chi connectivity index (χ1) is 12.5. The Kier molecular flexibility index (Phi) is 6.17. The highest BCUT2D eigenvalue weighted by Crippen LogP contribution is 2.26. The molecular weight excluding hydrogens is 371 g/mol. The highest BCUT2D eigenvalue weighted by Gasteiger charge is 2.23. The fourth-order valence-corrected chi connectivity index (χ4v) is 3.41. The van der Waals surface area contributed by atoms with Crippen LogP contribution in [-0.4, -0.2) is 34.7 Å². The third-order valence-corrected chi connectivity index (χ3v) is 4.95. The summed E-state index contributed by atoms with van der Waals surface area (Å²) >= 11 is 12.0. The van der Waals surface area contributed by atoms with E-state index in [1.165, 1.54) is 0 Å². The van der Waals surface area contributed by atoms with Crippen molar-refractivity contribution < 1.29 is 10.2 Å². The molecule has 6 heteroatoms. The second kappa shape index (κ2) is 8.56. The standard InChI is InChI=1S/C20H20Cl2N2O2/c21-15-5-7-19(25)13(9-15)11-23-17-3-1-2-4-18(17)24-12-14-10-16(22)6-8-20(14)26/h5-12,17-18,25-26H,1-4H2/t17-,18-/m1/s1. The van der Waals surface area contributed by atoms with Gasteiger partial charge in [0.05, 0.1) is 12.1 Å². The van der Waals surface area contributed by atoms with Gasteiger partial charge in [0, 0.05) is 33.6 Å². The summed E-state index contributed by atoms with van der Waals surface area (Å²) in [6.07, 6.45) is 7.38. The summed E-state index contributed by atoms with van der Waals surface area (Å²) in [5, 5.41) is 20.9. The number of benzene rings is 2. The van der Waals surface area contributed by atoms with Gasteiger partial charge in [0.2, 0.25) is 0 Å². The van der Waals surface area contributed by atoms with Gasteiger partial charge in [-0.15, -0.1) is 0 Å². The predicted octanol–water partition coefficient (Wildman–Crippen LogP) is 5.25. The molecule has 0 amide bonds. The van der Waals surface area contributed by atoms with E-state index in [9.17, 15) is 10.2 Å². The molecular formula is C20H20Cl2N2O2. The summed E-state index contributed by atoms with van der Waals surface area (Å²) in [6, 6.07) is 9.82. The zero-order valence-electron chi connectivity index (χ0n) is 14.1. The first kappa shape index (κ1) is 18.7. The van der Waals surface area contributed by atoms with Gasteiger partial charge in [0.25, 0.3) is 0 Å². The number of nitrogens with zero attached hydrogens (tertiary/aromatic N) is 2. The Bertz CT molecular complexity index is 767. The zero-order chi connectivity index (χ0) is 18.5. The van der Waals surface area contributed by atoms with E-state index in [2.05, 4.69) is 9.98 Å². The molecule has 4 nitrogen and oxygen atoms in total. The van der Waals surface area contributed by atoms with Crippen LogP contribution in [0.25, 0.3) is 0 Å². The zero-order valence-corrected chi connectivity index (χ0v) is 15.7. The van der Waals surface area contributed by atoms with Crippen LogP contribution in [0.1, 0.15) is 36.8 Å². The Balaban J connectivity index is 1.77. The molecule has 0 heterocycles. The lowest BCUT2D eigenvalue weighted by Gasteiger charge is -2.25. The van der Waals surface area contributed by atoms with Crippen molar-refractivity contribution in [2.45, 2.75) is 37.8 Å². The van der Waals surface area contributed by atoms with E-state index in [0.717, 1.165) is 25.7 Å². The molecule has 0 spiro atoms. The SMILES string of the molecule is Oc1ccc(Cl)cc1C=N[C@@H]1CCCC[C@H]1N=Cc1cc(Cl)ccc1O. The second-order valence-electron chi connectivity index (χ2n) is 6.38. The summed E-state index contributed by atoms with van der Waals surface area (Å²) < 4.78 is 0. The smallest absolute Gasteiger partial charge is 0.124 e. The number of hydrogen-bond acceptors (Lipinski definition) is 4. The van der Waals surface area contributed by atoms with Crippen LogP contribution in [0.3, 0.4) is 0 Å². The number of aliphatic imine (C=N–C) groups is 2. The summed E-state index contributed by atoms with van der Waals surface area (Å²) in [5.41, 5.74) is 1.19. The highest BCUT2D eigenvalue weighted by molar-refractivity contribution is 6.31. The Morgan fingerprint density at radius 3 is 1.62 bits per heavy atom. The minimum absolute atomic E-state index is 0.0275. The molecule has 26 heavy (non-hydrogen) atoms. The maximum absolute atomic E-state index is 9.92. The quantitative estimate of drug-likeness (QED) is 0.699. The van der Waals surface area contributed by atoms with Crippen LogP contribution in [-0.2, 0) is 0 Å². The molecule has 2 aromatic carbocycles. The molecule has 0 aliphatic heterocycles. The van der Waals surface area contributed by atoms with E-state index in [4.69, 9.17) is 23.2 Å². The normalized spacial score (nSPS) is 20.8. The summed E-state index contributed by atoms with van der Waals surface area (Å²) in [5.74, 6) is 0.302. The van der Waals surface area contributed by atoms with Crippen molar-refractivity contribution in [3.63, 3.8) is 0 Å². The molecule has 1 aliphatic carbocycles. The van der Waals surface area contributed by atoms with E-state index < -0.39 is 0 Å². The Labute approximate surface area is 162 Å². The number of aromatic hydroxyl groups is 2. The van der Waals surface area contributed by atoms with Crippen molar-refractivity contribution in [3.8, 4) is 11.5 Å². The van der Waals surface area contributed by atoms with Crippen molar-refractivity contribution >= 4 is 35.6 Å². The van der Waals surface area contributed by atoms with E-state index in [1.54, 1.807) is 48.8 Å². The van der Waals surface area contributed by atoms with E-state index in [0.29, 0.717) is 21.2 Å². The van der Waals surface area contributed by atoms with Gasteiger partial charge >= 0.3 is 0 Å². The molecule has 0 saturated heterocycles. The van der Waals surface area contributed by atoms with Crippen LogP contribution in [0.2, 0.25) is 10.0 Å². The van der Waals surface area contributed by atoms with Crippen LogP contribution in [0.5, 0.6) is 11.5 Å². The number of hydrogen-bond donors (Lipinski definition) is 2. The topological polar surface area (TPSA) is 65.2 Å². The van der Waals surface area contributed by atoms with Crippen LogP contribution >= 0.6 is 23.2 Å². The monoisotopic (exact) mass is 390 g/mol. The van der Waals surface area contributed by atoms with Gasteiger partial charge in [-0.05, 0) is 49.2 Å². The van der Waals surface area contributed by atoms with E-state index >= 15 is 0 Å². The third kappa shape index (κ3) is 4.77. The number of rotatable bonds is 4. The second-order valence-corrected chi connectivity index (χ2v) is 7.25. The largest absolute Gasteiger partial charge is 0.507 e. The average molecular weight is 391 g/mol. The number of halogens is 2. The molecule has 0 unspecified atom stereocenters. The van der Waals surface area contributed by atoms with Crippen LogP contribution in [0.15, 0.2) is 46.4 Å². The first-order valence-corrected chi connectivity index (χ1v) is 9.32. The van der Waals surface area contributed by atoms with Gasteiger partial charge in [0.15, 0.2) is 0 Å². The molecule has 1 aliphatic rings. The lowest BCUT2D eigenvalue weighted by Crippen LogP contribution is -2.27. The van der Waals surface area contributed by atoms with Crippen LogP contribution < -0.4 is 0 Å². The minimum atomic E-state index is 0.0275. The lowest BCUT2D eigenvalue weighted by molar-refractivity contribution is 0.390. The van der Waals surface area contributed by atoms with Crippen molar-refractivity contribution in [3.05, 3.63) is 57.6 Å². The summed E-state index contributed by atoms with van der Waals surface area (Å²) in [6.45, 7) is 0. The van der Waals surface area contributed by atoms with Crippen molar-refractivity contribution in [1.29, 1.82) is 0 Å². The van der Waals surface area contributed by atoms with E-state index in [1.807, 2.05) is 0 Å². The Morgan fingerprint density at radius 1 is 0.769 bits per heavy atom. The van der Waals surface area contributed by atoms with Gasteiger partial charge in [-0.1, -0.05) is 36.0 Å². The maximum Gasteiger partial charge on any atom is 0.124 e. The van der Waals surface area contributed by atoms with Gasteiger partial charge in [-0.2, -0.15) is 0 Å². The maximum atomic E-state index is 9.92. The van der Waals surface area contributed by atoms with Gasteiger partial charge in [0.1, 0.15) is 11.5 Å². The molecule has 3 rings (SSSR count). The number of phenolic OH excluding ortho intramolecular Hbond substituents is 2. The molecule has 1 saturated carbocycles. The molecule has 2 atom stereocenters. The number of phenols is 2. The molecule has 136 valence electrons. The van der Waals surface area contributed by atoms with Crippen molar-refractivity contribution in [1.82, 2.24) is 0 Å². The molecule has 1 fully saturated rings. The molecule has 0 radical (unpaired) electrons. The third-order valence-electron chi connectivity index (χ3n) is 4.48. The van der Waals surface area contributed by atoms with E-state index in [-0.39, 0.29) is 23.6 Å². The molecule has 2 aromatic rings. The van der Waals surface area contributed by atoms with Gasteiger partial charge in [-0.3, -0.25) is 9.98 Å². The highest BCUT2D eigenvalue weighted by atomic mass is 35.5. The first-order valence-electron chi connectivity index (χ1n) is 8.56. The summed E-state index contributed by atoms with van der Waals surface area (Å²) in [7, 11) is 0. The Hall–Kier alpha value is -2.04. The van der Waals surface area contributed by atoms with Gasteiger partial charge < -0.3 is 10.2 Å². The predicted molar refractivity (Wildman–Crippen MR) is 107 cm³/mol. The van der Waals surface area contributed by atoms with Crippen molar-refractivity contribution in [2.24, 2.45) is 9.98 Å². The summed E-state index contributed by atoms with van der Waals surface area (Å²) in [4.78, 5) is 9.29.